The highest BCUT2D eigenvalue weighted by Crippen LogP contribution is 2.48. The van der Waals surface area contributed by atoms with Crippen LogP contribution in [0.1, 0.15) is 61.2 Å². The largest absolute Gasteiger partial charge is 0.417 e. The van der Waals surface area contributed by atoms with Crippen molar-refractivity contribution in [2.75, 3.05) is 0 Å². The van der Waals surface area contributed by atoms with Crippen LogP contribution in [0.4, 0.5) is 26.3 Å². The topological polar surface area (TPSA) is 224 Å². The van der Waals surface area contributed by atoms with Crippen molar-refractivity contribution < 1.29 is 26.3 Å². The number of fused-ring (bicyclic) bond motifs is 6. The van der Waals surface area contributed by atoms with Crippen LogP contribution in [0.15, 0.2) is 200 Å². The van der Waals surface area contributed by atoms with Crippen LogP contribution in [0.5, 0.6) is 0 Å². The fourth-order valence-electron chi connectivity index (χ4n) is 12.4. The monoisotopic (exact) mass is 1230 g/mol. The van der Waals surface area contributed by atoms with Crippen LogP contribution >= 0.6 is 0 Å². The van der Waals surface area contributed by atoms with Crippen LogP contribution in [0.3, 0.4) is 0 Å². The first-order valence-corrected chi connectivity index (χ1v) is 28.4. The maximum Gasteiger partial charge on any atom is 0.417 e. The molecule has 0 N–H and O–H groups in total. The number of hydrogen-bond acceptors (Lipinski definition) is 9. The van der Waals surface area contributed by atoms with Crippen molar-refractivity contribution in [2.24, 2.45) is 0 Å². The zero-order valence-electron chi connectivity index (χ0n) is 48.2. The smallest absolute Gasteiger partial charge is 0.309 e. The minimum atomic E-state index is -5.30. The van der Waals surface area contributed by atoms with Gasteiger partial charge in [0.1, 0.15) is 0 Å². The molecular weight excluding hydrogens is 1190 g/mol. The van der Waals surface area contributed by atoms with Gasteiger partial charge >= 0.3 is 12.4 Å². The van der Waals surface area contributed by atoms with E-state index in [1.807, 2.05) is 41.0 Å². The molecule has 11 aromatic carbocycles. The third kappa shape index (κ3) is 10.0. The lowest BCUT2D eigenvalue weighted by atomic mass is 9.92. The van der Waals surface area contributed by atoms with Crippen LogP contribution in [0, 0.1) is 102 Å². The second kappa shape index (κ2) is 22.9. The minimum absolute atomic E-state index is 0.0717. The molecule has 0 amide bonds. The summed E-state index contributed by atoms with van der Waals surface area (Å²) < 4.78 is 92.8. The average molecular weight is 1230 g/mol. The van der Waals surface area contributed by atoms with Gasteiger partial charge < -0.3 is 9.13 Å². The van der Waals surface area contributed by atoms with Crippen LogP contribution in [0.2, 0.25) is 0 Å². The molecule has 13 aromatic rings. The molecule has 438 valence electrons. The number of halogens is 6. The zero-order chi connectivity index (χ0) is 65.9. The SMILES string of the molecule is N#Cc1ccc(-c2ccc3c(c2)c2cc(-c4ccc(C#N)cc4C#N)ccc2n3-c2ccc(C#N)cc2-c2ccc(-c3ccc(C(F)(F)F)cc3C(F)(F)F)cc2-n2c3ccc(-c4ccc(C#N)cc4C#N)cc3c3cc(-c4ccc(C#N)cc4C#N)ccc32)c(C#N)c1. The van der Waals surface area contributed by atoms with Gasteiger partial charge in [-0.15, -0.1) is 0 Å². The van der Waals surface area contributed by atoms with E-state index >= 15 is 13.2 Å². The summed E-state index contributed by atoms with van der Waals surface area (Å²) in [6, 6.07) is 70.4. The molecule has 11 nitrogen and oxygen atoms in total. The van der Waals surface area contributed by atoms with E-state index < -0.39 is 29.0 Å². The molecule has 0 saturated heterocycles. The molecule has 13 rings (SSSR count). The summed E-state index contributed by atoms with van der Waals surface area (Å²) in [7, 11) is 0. The standard InChI is InChI=1S/C77H33F6N11/c78-76(79,80)57-11-17-62(69(33-57)77(81,82)83)52-6-16-63(75(32-52)94-73-21-9-50(60-14-3-45(36-86)25-55(60)41-91)30-67(73)68-31-51(10-22-74(68)94)61-15-4-46(37-87)26-56(61)42-92)64-27-47(38-88)5-18-70(64)93-71-19-7-48(58-12-1-43(34-84)23-53(58)39-89)28-65(71)66-29-49(8-20-72(66)93)59-13-2-44(35-85)24-54(59)40-90/h1-33H. The Bertz CT molecular complexity index is 5650. The first-order valence-electron chi connectivity index (χ1n) is 28.4. The van der Waals surface area contributed by atoms with Gasteiger partial charge in [0.25, 0.3) is 0 Å². The molecule has 0 radical (unpaired) electrons. The first kappa shape index (κ1) is 59.0. The van der Waals surface area contributed by atoms with Gasteiger partial charge in [-0.05, 0) is 189 Å². The molecule has 17 heteroatoms. The predicted octanol–water partition coefficient (Wildman–Crippen LogP) is 18.8. The van der Waals surface area contributed by atoms with E-state index in [2.05, 4.69) is 54.6 Å². The fourth-order valence-corrected chi connectivity index (χ4v) is 12.4. The molecule has 2 aromatic heterocycles. The Morgan fingerprint density at radius 3 is 0.894 bits per heavy atom. The Morgan fingerprint density at radius 1 is 0.245 bits per heavy atom. The summed E-state index contributed by atoms with van der Waals surface area (Å²) in [4.78, 5) is 0. The second-order valence-electron chi connectivity index (χ2n) is 21.9. The third-order valence-corrected chi connectivity index (χ3v) is 16.7. The van der Waals surface area contributed by atoms with Gasteiger partial charge in [-0.3, -0.25) is 0 Å². The Kier molecular flexibility index (Phi) is 14.4. The lowest BCUT2D eigenvalue weighted by molar-refractivity contribution is -0.142. The predicted molar refractivity (Wildman–Crippen MR) is 340 cm³/mol. The number of nitriles is 9. The van der Waals surface area contributed by atoms with Crippen molar-refractivity contribution in [3.63, 3.8) is 0 Å². The second-order valence-corrected chi connectivity index (χ2v) is 21.9. The van der Waals surface area contributed by atoms with Gasteiger partial charge in [0.2, 0.25) is 0 Å². The molecule has 0 atom stereocenters. The van der Waals surface area contributed by atoms with Gasteiger partial charge in [0.15, 0.2) is 0 Å². The highest BCUT2D eigenvalue weighted by Gasteiger charge is 2.39. The molecule has 2 heterocycles. The van der Waals surface area contributed by atoms with E-state index in [4.69, 9.17) is 0 Å². The van der Waals surface area contributed by atoms with Gasteiger partial charge in [0.05, 0.1) is 149 Å². The van der Waals surface area contributed by atoms with Gasteiger partial charge in [0, 0.05) is 32.7 Å². The highest BCUT2D eigenvalue weighted by atomic mass is 19.4. The number of hydrogen-bond donors (Lipinski definition) is 0. The molecule has 0 unspecified atom stereocenters. The number of rotatable bonds is 8. The molecule has 0 spiro atoms. The Labute approximate surface area is 530 Å². The number of nitrogens with zero attached hydrogens (tertiary/aromatic N) is 11. The van der Waals surface area contributed by atoms with Gasteiger partial charge in [-0.2, -0.15) is 73.7 Å². The number of benzene rings is 11. The molecule has 0 saturated carbocycles. The third-order valence-electron chi connectivity index (χ3n) is 16.7. The summed E-state index contributed by atoms with van der Waals surface area (Å²) in [5, 5.41) is 93.7. The van der Waals surface area contributed by atoms with Crippen molar-refractivity contribution in [3.05, 3.63) is 261 Å². The molecule has 0 aliphatic heterocycles. The Morgan fingerprint density at radius 2 is 0.553 bits per heavy atom. The highest BCUT2D eigenvalue weighted by molar-refractivity contribution is 6.14. The summed E-state index contributed by atoms with van der Waals surface area (Å²) >= 11 is 0. The van der Waals surface area contributed by atoms with Gasteiger partial charge in [-0.1, -0.05) is 66.7 Å². The Hall–Kier alpha value is -14.0. The average Bonchev–Trinajstić information content (AvgIpc) is 1.55. The maximum absolute atomic E-state index is 15.4. The van der Waals surface area contributed by atoms with Crippen molar-refractivity contribution >= 4 is 43.6 Å². The lowest BCUT2D eigenvalue weighted by Crippen LogP contribution is -2.12. The molecule has 0 aliphatic rings. The Balaban J connectivity index is 1.15. The summed E-state index contributed by atoms with van der Waals surface area (Å²) in [6.45, 7) is 0. The van der Waals surface area contributed by atoms with Crippen LogP contribution < -0.4 is 0 Å². The van der Waals surface area contributed by atoms with Gasteiger partial charge in [-0.25, -0.2) is 0 Å². The van der Waals surface area contributed by atoms with Crippen LogP contribution in [0.25, 0.3) is 122 Å². The molecule has 0 fully saturated rings. The molecule has 94 heavy (non-hydrogen) atoms. The van der Waals surface area contributed by atoms with Crippen LogP contribution in [-0.2, 0) is 12.4 Å². The lowest BCUT2D eigenvalue weighted by Gasteiger charge is -2.21. The normalized spacial score (nSPS) is 11.2. The van der Waals surface area contributed by atoms with E-state index in [-0.39, 0.29) is 67.4 Å². The van der Waals surface area contributed by atoms with E-state index in [0.29, 0.717) is 111 Å². The quantitative estimate of drug-likeness (QED) is 0.132. The zero-order valence-corrected chi connectivity index (χ0v) is 48.2. The van der Waals surface area contributed by atoms with Crippen molar-refractivity contribution in [1.82, 2.24) is 9.13 Å². The maximum atomic E-state index is 15.4. The van der Waals surface area contributed by atoms with Crippen molar-refractivity contribution in [3.8, 4) is 133 Å². The number of aromatic nitrogens is 2. The molecular formula is C77H33F6N11. The summed E-state index contributed by atoms with van der Waals surface area (Å²) in [5.74, 6) is 0. The van der Waals surface area contributed by atoms with E-state index in [0.717, 1.165) is 6.07 Å². The summed E-state index contributed by atoms with van der Waals surface area (Å²) in [6.07, 6.45) is -10.4. The minimum Gasteiger partial charge on any atom is -0.309 e. The van der Waals surface area contributed by atoms with Crippen LogP contribution in [-0.4, -0.2) is 9.13 Å². The molecule has 0 aliphatic carbocycles. The van der Waals surface area contributed by atoms with E-state index in [1.165, 1.54) is 36.4 Å². The molecule has 0 bridgehead atoms. The van der Waals surface area contributed by atoms with E-state index in [9.17, 15) is 60.5 Å². The first-order chi connectivity index (χ1) is 45.4. The summed E-state index contributed by atoms with van der Waals surface area (Å²) in [5.41, 5.74) is 5.56. The van der Waals surface area contributed by atoms with Crippen molar-refractivity contribution in [2.45, 2.75) is 12.4 Å². The fraction of sp³-hybridized carbons (Fsp3) is 0.0260. The van der Waals surface area contributed by atoms with Crippen molar-refractivity contribution in [1.29, 1.82) is 47.4 Å². The van der Waals surface area contributed by atoms with E-state index in [1.54, 1.807) is 114 Å². The number of alkyl halides is 6.